The molecule has 4 N–H and O–H groups in total. The third-order valence-electron chi connectivity index (χ3n) is 0.998. The predicted octanol–water partition coefficient (Wildman–Crippen LogP) is -0.743. The number of hydrogen-bond donors (Lipinski definition) is 2. The van der Waals surface area contributed by atoms with Gasteiger partial charge in [0.15, 0.2) is 0 Å². The Morgan fingerprint density at radius 2 is 2.20 bits per heavy atom. The minimum Gasteiger partial charge on any atom is -0.385 e. The molecule has 0 aromatic rings. The highest BCUT2D eigenvalue weighted by Gasteiger charge is 2.06. The van der Waals surface area contributed by atoms with Crippen LogP contribution in [0.1, 0.15) is 6.42 Å². The first kappa shape index (κ1) is 12.4. The molecule has 1 atom stereocenters. The lowest BCUT2D eigenvalue weighted by molar-refractivity contribution is -0.119. The summed E-state index contributed by atoms with van der Waals surface area (Å²) in [7, 11) is 1.55. The van der Waals surface area contributed by atoms with Crippen LogP contribution in [-0.2, 0) is 9.53 Å². The molecule has 5 heteroatoms. The van der Waals surface area contributed by atoms with Gasteiger partial charge in [-0.2, -0.15) is 0 Å². The topological polar surface area (TPSA) is 78.3 Å². The summed E-state index contributed by atoms with van der Waals surface area (Å²) in [5.41, 5.74) is 10.1. The number of rotatable bonds is 4. The fourth-order valence-electron chi connectivity index (χ4n) is 0.387. The molecule has 0 aliphatic carbocycles. The molecule has 0 bridgehead atoms. The van der Waals surface area contributed by atoms with E-state index in [4.69, 9.17) is 11.5 Å². The number of halogens is 1. The smallest absolute Gasteiger partial charge is 0.234 e. The van der Waals surface area contributed by atoms with Crippen molar-refractivity contribution in [2.75, 3.05) is 13.7 Å². The lowest BCUT2D eigenvalue weighted by Crippen LogP contribution is -2.37. The molecule has 0 aliphatic heterocycles. The maximum Gasteiger partial charge on any atom is 0.234 e. The SMILES string of the molecule is COCCC(N)C(N)=O.Cl. The van der Waals surface area contributed by atoms with Crippen molar-refractivity contribution in [3.8, 4) is 0 Å². The molecular weight excluding hydrogens is 156 g/mol. The first-order valence-corrected chi connectivity index (χ1v) is 2.72. The normalized spacial score (nSPS) is 11.8. The molecule has 0 spiro atoms. The van der Waals surface area contributed by atoms with E-state index in [0.717, 1.165) is 0 Å². The zero-order valence-corrected chi connectivity index (χ0v) is 6.69. The quantitative estimate of drug-likeness (QED) is 0.580. The number of nitrogens with two attached hydrogens (primary N) is 2. The van der Waals surface area contributed by atoms with Gasteiger partial charge in [-0.25, -0.2) is 0 Å². The number of hydrogen-bond acceptors (Lipinski definition) is 3. The van der Waals surface area contributed by atoms with Gasteiger partial charge in [0.1, 0.15) is 0 Å². The fourth-order valence-corrected chi connectivity index (χ4v) is 0.387. The van der Waals surface area contributed by atoms with Gasteiger partial charge in [-0.15, -0.1) is 12.4 Å². The molecule has 4 nitrogen and oxygen atoms in total. The Morgan fingerprint density at radius 1 is 1.70 bits per heavy atom. The van der Waals surface area contributed by atoms with E-state index in [0.29, 0.717) is 13.0 Å². The van der Waals surface area contributed by atoms with Crippen molar-refractivity contribution in [1.29, 1.82) is 0 Å². The first-order chi connectivity index (χ1) is 4.18. The Hall–Kier alpha value is -0.320. The predicted molar refractivity (Wildman–Crippen MR) is 40.9 cm³/mol. The van der Waals surface area contributed by atoms with Crippen molar-refractivity contribution in [2.24, 2.45) is 11.5 Å². The van der Waals surface area contributed by atoms with Crippen LogP contribution in [0.2, 0.25) is 0 Å². The zero-order valence-electron chi connectivity index (χ0n) is 5.87. The summed E-state index contributed by atoms with van der Waals surface area (Å²) < 4.78 is 4.67. The molecule has 62 valence electrons. The summed E-state index contributed by atoms with van der Waals surface area (Å²) in [6.45, 7) is 0.476. The minimum atomic E-state index is -0.565. The van der Waals surface area contributed by atoms with Crippen LogP contribution in [0.25, 0.3) is 0 Å². The summed E-state index contributed by atoms with van der Waals surface area (Å²) in [5.74, 6) is -0.480. The number of ether oxygens (including phenoxy) is 1. The lowest BCUT2D eigenvalue weighted by atomic mass is 10.2. The average molecular weight is 169 g/mol. The maximum atomic E-state index is 10.2. The van der Waals surface area contributed by atoms with Gasteiger partial charge in [0.05, 0.1) is 6.04 Å². The Kier molecular flexibility index (Phi) is 8.40. The van der Waals surface area contributed by atoms with Crippen LogP contribution in [0.4, 0.5) is 0 Å². The summed E-state index contributed by atoms with van der Waals surface area (Å²) in [6, 6.07) is -0.565. The fraction of sp³-hybridized carbons (Fsp3) is 0.800. The van der Waals surface area contributed by atoms with Gasteiger partial charge < -0.3 is 16.2 Å². The number of carbonyl (C=O) groups is 1. The van der Waals surface area contributed by atoms with E-state index in [1.165, 1.54) is 0 Å². The summed E-state index contributed by atoms with van der Waals surface area (Å²) in [6.07, 6.45) is 0.492. The number of amides is 1. The van der Waals surface area contributed by atoms with Crippen LogP contribution in [0.3, 0.4) is 0 Å². The van der Waals surface area contributed by atoms with Gasteiger partial charge in [-0.05, 0) is 6.42 Å². The molecule has 1 amide bonds. The van der Waals surface area contributed by atoms with Gasteiger partial charge in [-0.3, -0.25) is 4.79 Å². The van der Waals surface area contributed by atoms with Crippen LogP contribution in [-0.4, -0.2) is 25.7 Å². The van der Waals surface area contributed by atoms with Gasteiger partial charge in [0.25, 0.3) is 0 Å². The Bertz CT molecular complexity index is 99.6. The molecule has 0 rings (SSSR count). The van der Waals surface area contributed by atoms with E-state index in [2.05, 4.69) is 4.74 Å². The van der Waals surface area contributed by atoms with E-state index in [1.54, 1.807) is 7.11 Å². The highest BCUT2D eigenvalue weighted by molar-refractivity contribution is 5.85. The van der Waals surface area contributed by atoms with E-state index in [9.17, 15) is 4.79 Å². The molecule has 1 unspecified atom stereocenters. The Morgan fingerprint density at radius 3 is 2.50 bits per heavy atom. The number of methoxy groups -OCH3 is 1. The maximum absolute atomic E-state index is 10.2. The standard InChI is InChI=1S/C5H12N2O2.ClH/c1-9-3-2-4(6)5(7)8;/h4H,2-3,6H2,1H3,(H2,7,8);1H. The van der Waals surface area contributed by atoms with E-state index in [1.807, 2.05) is 0 Å². The van der Waals surface area contributed by atoms with Crippen LogP contribution in [0.5, 0.6) is 0 Å². The lowest BCUT2D eigenvalue weighted by Gasteiger charge is -2.04. The second kappa shape index (κ2) is 6.80. The molecule has 0 saturated heterocycles. The summed E-state index contributed by atoms with van der Waals surface area (Å²) in [4.78, 5) is 10.2. The molecule has 10 heavy (non-hydrogen) atoms. The van der Waals surface area contributed by atoms with Gasteiger partial charge in [0.2, 0.25) is 5.91 Å². The average Bonchev–Trinajstić information content (AvgIpc) is 1.82. The van der Waals surface area contributed by atoms with Crippen molar-refractivity contribution < 1.29 is 9.53 Å². The molecule has 0 aromatic heterocycles. The van der Waals surface area contributed by atoms with Crippen molar-refractivity contribution >= 4 is 18.3 Å². The highest BCUT2D eigenvalue weighted by atomic mass is 35.5. The van der Waals surface area contributed by atoms with Crippen LogP contribution in [0, 0.1) is 0 Å². The van der Waals surface area contributed by atoms with Gasteiger partial charge in [-0.1, -0.05) is 0 Å². The minimum absolute atomic E-state index is 0. The largest absolute Gasteiger partial charge is 0.385 e. The van der Waals surface area contributed by atoms with Crippen LogP contribution < -0.4 is 11.5 Å². The monoisotopic (exact) mass is 168 g/mol. The number of carbonyl (C=O) groups excluding carboxylic acids is 1. The first-order valence-electron chi connectivity index (χ1n) is 2.72. The second-order valence-corrected chi connectivity index (χ2v) is 1.79. The molecule has 0 aromatic carbocycles. The van der Waals surface area contributed by atoms with Crippen molar-refractivity contribution in [3.05, 3.63) is 0 Å². The molecule has 0 fully saturated rings. The Balaban J connectivity index is 0. The molecule has 0 saturated carbocycles. The molecule has 0 heterocycles. The van der Waals surface area contributed by atoms with Crippen LogP contribution >= 0.6 is 12.4 Å². The van der Waals surface area contributed by atoms with E-state index in [-0.39, 0.29) is 12.4 Å². The van der Waals surface area contributed by atoms with Crippen LogP contribution in [0.15, 0.2) is 0 Å². The van der Waals surface area contributed by atoms with Crippen molar-refractivity contribution in [3.63, 3.8) is 0 Å². The van der Waals surface area contributed by atoms with E-state index >= 15 is 0 Å². The zero-order chi connectivity index (χ0) is 7.28. The molecule has 0 radical (unpaired) electrons. The van der Waals surface area contributed by atoms with Crippen molar-refractivity contribution in [2.45, 2.75) is 12.5 Å². The third kappa shape index (κ3) is 5.81. The summed E-state index contributed by atoms with van der Waals surface area (Å²) in [5, 5.41) is 0. The summed E-state index contributed by atoms with van der Waals surface area (Å²) >= 11 is 0. The third-order valence-corrected chi connectivity index (χ3v) is 0.998. The van der Waals surface area contributed by atoms with Gasteiger partial charge in [0, 0.05) is 13.7 Å². The molecule has 0 aliphatic rings. The van der Waals surface area contributed by atoms with Gasteiger partial charge >= 0.3 is 0 Å². The highest BCUT2D eigenvalue weighted by Crippen LogP contribution is 1.85. The van der Waals surface area contributed by atoms with Crippen molar-refractivity contribution in [1.82, 2.24) is 0 Å². The second-order valence-electron chi connectivity index (χ2n) is 1.79. The molecular formula is C5H13ClN2O2. The Labute approximate surface area is 66.3 Å². The number of primary amides is 1. The van der Waals surface area contributed by atoms with E-state index < -0.39 is 11.9 Å².